The van der Waals surface area contributed by atoms with Crippen LogP contribution in [0.5, 0.6) is 0 Å². The summed E-state index contributed by atoms with van der Waals surface area (Å²) < 4.78 is 2.19. The molecule has 0 bridgehead atoms. The topological polar surface area (TPSA) is 43.3 Å². The Kier molecular flexibility index (Phi) is 3.99. The fraction of sp³-hybridized carbons (Fsp3) is 0.350. The molecule has 2 heterocycles. The quantitative estimate of drug-likeness (QED) is 0.791. The first kappa shape index (κ1) is 15.8. The SMILES string of the molecule is Cc1ccc2nc(CCN)c(-c3ccc(C(C)(C)C)cc3)n2c1. The lowest BCUT2D eigenvalue weighted by Crippen LogP contribution is -2.10. The number of nitrogens with two attached hydrogens (primary N) is 1. The summed E-state index contributed by atoms with van der Waals surface area (Å²) in [6.45, 7) is 9.42. The number of fused-ring (bicyclic) bond motifs is 1. The molecule has 23 heavy (non-hydrogen) atoms. The monoisotopic (exact) mass is 307 g/mol. The van der Waals surface area contributed by atoms with Gasteiger partial charge in [-0.25, -0.2) is 4.98 Å². The van der Waals surface area contributed by atoms with Crippen LogP contribution >= 0.6 is 0 Å². The van der Waals surface area contributed by atoms with Gasteiger partial charge in [-0.2, -0.15) is 0 Å². The molecule has 2 aromatic heterocycles. The molecule has 2 N–H and O–H groups in total. The molecule has 0 saturated carbocycles. The van der Waals surface area contributed by atoms with Crippen molar-refractivity contribution in [2.45, 2.75) is 39.5 Å². The number of rotatable bonds is 3. The van der Waals surface area contributed by atoms with Crippen molar-refractivity contribution < 1.29 is 0 Å². The molecule has 0 atom stereocenters. The standard InChI is InChI=1S/C20H25N3/c1-14-5-10-18-22-17(11-12-21)19(23(18)13-14)15-6-8-16(9-7-15)20(2,3)4/h5-10,13H,11-12,21H2,1-4H3. The predicted molar refractivity (Wildman–Crippen MR) is 96.8 cm³/mol. The lowest BCUT2D eigenvalue weighted by atomic mass is 9.86. The summed E-state index contributed by atoms with van der Waals surface area (Å²) >= 11 is 0. The van der Waals surface area contributed by atoms with Crippen molar-refractivity contribution in [3.05, 3.63) is 59.4 Å². The lowest BCUT2D eigenvalue weighted by molar-refractivity contribution is 0.590. The smallest absolute Gasteiger partial charge is 0.137 e. The van der Waals surface area contributed by atoms with Crippen molar-refractivity contribution in [2.75, 3.05) is 6.54 Å². The summed E-state index contributed by atoms with van der Waals surface area (Å²) in [5.41, 5.74) is 12.9. The summed E-state index contributed by atoms with van der Waals surface area (Å²) in [5, 5.41) is 0. The molecule has 0 unspecified atom stereocenters. The number of hydrogen-bond acceptors (Lipinski definition) is 2. The van der Waals surface area contributed by atoms with Gasteiger partial charge in [-0.15, -0.1) is 0 Å². The number of aromatic nitrogens is 2. The van der Waals surface area contributed by atoms with Crippen LogP contribution in [0.15, 0.2) is 42.6 Å². The van der Waals surface area contributed by atoms with Gasteiger partial charge in [-0.3, -0.25) is 4.40 Å². The number of aryl methyl sites for hydroxylation is 1. The molecule has 0 spiro atoms. The van der Waals surface area contributed by atoms with Gasteiger partial charge in [-0.1, -0.05) is 51.1 Å². The first-order valence-corrected chi connectivity index (χ1v) is 8.19. The molecule has 0 amide bonds. The van der Waals surface area contributed by atoms with Crippen LogP contribution in [0.4, 0.5) is 0 Å². The van der Waals surface area contributed by atoms with Crippen molar-refractivity contribution in [2.24, 2.45) is 5.73 Å². The normalized spacial score (nSPS) is 12.0. The summed E-state index contributed by atoms with van der Waals surface area (Å²) in [4.78, 5) is 4.77. The molecule has 0 aliphatic heterocycles. The molecular formula is C20H25N3. The Morgan fingerprint density at radius 2 is 1.74 bits per heavy atom. The van der Waals surface area contributed by atoms with Crippen LogP contribution in [0, 0.1) is 6.92 Å². The van der Waals surface area contributed by atoms with Gasteiger partial charge in [0.1, 0.15) is 5.65 Å². The van der Waals surface area contributed by atoms with E-state index in [2.05, 4.69) is 74.7 Å². The van der Waals surface area contributed by atoms with E-state index in [1.165, 1.54) is 16.7 Å². The largest absolute Gasteiger partial charge is 0.330 e. The first-order valence-electron chi connectivity index (χ1n) is 8.19. The molecule has 0 radical (unpaired) electrons. The van der Waals surface area contributed by atoms with Gasteiger partial charge in [0.2, 0.25) is 0 Å². The molecule has 120 valence electrons. The zero-order valence-electron chi connectivity index (χ0n) is 14.4. The average molecular weight is 307 g/mol. The van der Waals surface area contributed by atoms with Gasteiger partial charge in [0, 0.05) is 18.2 Å². The Labute approximate surface area is 138 Å². The Balaban J connectivity index is 2.17. The van der Waals surface area contributed by atoms with Crippen LogP contribution in [0.2, 0.25) is 0 Å². The maximum Gasteiger partial charge on any atom is 0.137 e. The number of hydrogen-bond donors (Lipinski definition) is 1. The van der Waals surface area contributed by atoms with E-state index in [1.54, 1.807) is 0 Å². The molecule has 0 saturated heterocycles. The Bertz CT molecular complexity index is 820. The molecule has 0 aliphatic carbocycles. The van der Waals surface area contributed by atoms with Gasteiger partial charge < -0.3 is 5.73 Å². The van der Waals surface area contributed by atoms with Crippen LogP contribution in [0.1, 0.15) is 37.6 Å². The summed E-state index contributed by atoms with van der Waals surface area (Å²) in [7, 11) is 0. The van der Waals surface area contributed by atoms with Crippen molar-refractivity contribution >= 4 is 5.65 Å². The lowest BCUT2D eigenvalue weighted by Gasteiger charge is -2.19. The highest BCUT2D eigenvalue weighted by Gasteiger charge is 2.16. The maximum absolute atomic E-state index is 5.79. The first-order chi connectivity index (χ1) is 10.9. The molecule has 0 aliphatic rings. The third kappa shape index (κ3) is 3.02. The minimum absolute atomic E-state index is 0.161. The molecule has 3 aromatic rings. The third-order valence-electron chi connectivity index (χ3n) is 4.24. The molecule has 1 aromatic carbocycles. The van der Waals surface area contributed by atoms with Gasteiger partial charge >= 0.3 is 0 Å². The highest BCUT2D eigenvalue weighted by Crippen LogP contribution is 2.29. The highest BCUT2D eigenvalue weighted by molar-refractivity contribution is 5.68. The van der Waals surface area contributed by atoms with Crippen molar-refractivity contribution in [3.8, 4) is 11.3 Å². The van der Waals surface area contributed by atoms with Crippen LogP contribution in [0.25, 0.3) is 16.9 Å². The van der Waals surface area contributed by atoms with Crippen LogP contribution < -0.4 is 5.73 Å². The molecule has 3 nitrogen and oxygen atoms in total. The van der Waals surface area contributed by atoms with E-state index in [4.69, 9.17) is 10.7 Å². The van der Waals surface area contributed by atoms with Crippen molar-refractivity contribution in [3.63, 3.8) is 0 Å². The van der Waals surface area contributed by atoms with Gasteiger partial charge in [0.15, 0.2) is 0 Å². The van der Waals surface area contributed by atoms with E-state index in [-0.39, 0.29) is 5.41 Å². The minimum Gasteiger partial charge on any atom is -0.330 e. The fourth-order valence-corrected chi connectivity index (χ4v) is 2.94. The summed E-state index contributed by atoms with van der Waals surface area (Å²) in [5.74, 6) is 0. The second-order valence-corrected chi connectivity index (χ2v) is 7.21. The zero-order chi connectivity index (χ0) is 16.6. The maximum atomic E-state index is 5.79. The van der Waals surface area contributed by atoms with Crippen LogP contribution in [-0.4, -0.2) is 15.9 Å². The van der Waals surface area contributed by atoms with Crippen molar-refractivity contribution in [1.82, 2.24) is 9.38 Å². The molecular weight excluding hydrogens is 282 g/mol. The molecule has 3 heteroatoms. The van der Waals surface area contributed by atoms with E-state index >= 15 is 0 Å². The third-order valence-corrected chi connectivity index (χ3v) is 4.24. The van der Waals surface area contributed by atoms with Gasteiger partial charge in [0.25, 0.3) is 0 Å². The summed E-state index contributed by atoms with van der Waals surface area (Å²) in [6.07, 6.45) is 2.94. The summed E-state index contributed by atoms with van der Waals surface area (Å²) in [6, 6.07) is 13.0. The van der Waals surface area contributed by atoms with Crippen molar-refractivity contribution in [1.29, 1.82) is 0 Å². The Morgan fingerprint density at radius 3 is 2.35 bits per heavy atom. The second kappa shape index (κ2) is 5.82. The van der Waals surface area contributed by atoms with Gasteiger partial charge in [-0.05, 0) is 36.1 Å². The van der Waals surface area contributed by atoms with Gasteiger partial charge in [0.05, 0.1) is 11.4 Å². The Hall–Kier alpha value is -2.13. The van der Waals surface area contributed by atoms with E-state index in [0.29, 0.717) is 6.54 Å². The number of imidazole rings is 1. The van der Waals surface area contributed by atoms with E-state index < -0.39 is 0 Å². The molecule has 0 fully saturated rings. The second-order valence-electron chi connectivity index (χ2n) is 7.21. The average Bonchev–Trinajstić information content (AvgIpc) is 2.84. The van der Waals surface area contributed by atoms with Crippen LogP contribution in [-0.2, 0) is 11.8 Å². The van der Waals surface area contributed by atoms with E-state index in [0.717, 1.165) is 23.5 Å². The van der Waals surface area contributed by atoms with Crippen LogP contribution in [0.3, 0.4) is 0 Å². The highest BCUT2D eigenvalue weighted by atomic mass is 15.0. The zero-order valence-corrected chi connectivity index (χ0v) is 14.4. The van der Waals surface area contributed by atoms with E-state index in [1.807, 2.05) is 0 Å². The Morgan fingerprint density at radius 1 is 1.04 bits per heavy atom. The number of nitrogens with zero attached hydrogens (tertiary/aromatic N) is 2. The minimum atomic E-state index is 0.161. The fourth-order valence-electron chi connectivity index (χ4n) is 2.94. The predicted octanol–water partition coefficient (Wildman–Crippen LogP) is 4.11. The van der Waals surface area contributed by atoms with E-state index in [9.17, 15) is 0 Å². The number of pyridine rings is 1. The molecule has 3 rings (SSSR count). The number of benzene rings is 1.